The van der Waals surface area contributed by atoms with Crippen molar-refractivity contribution in [2.45, 2.75) is 13.8 Å². The molecule has 1 rings (SSSR count). The fraction of sp³-hybridized carbons (Fsp3) is 0.200. The van der Waals surface area contributed by atoms with Crippen LogP contribution < -0.4 is 4.74 Å². The van der Waals surface area contributed by atoms with Gasteiger partial charge >= 0.3 is 5.97 Å². The first kappa shape index (κ1) is 10.2. The molecule has 0 bridgehead atoms. The summed E-state index contributed by atoms with van der Waals surface area (Å²) in [6, 6.07) is 4.35. The Kier molecular flexibility index (Phi) is 2.86. The largest absolute Gasteiger partial charge is 0.504 e. The SMILES string of the molecule is CC(=O)Oc1c(O)cccc1C(C)=O. The zero-order valence-corrected chi connectivity index (χ0v) is 7.90. The predicted molar refractivity (Wildman–Crippen MR) is 49.4 cm³/mol. The molecule has 0 fully saturated rings. The molecule has 4 heteroatoms. The maximum Gasteiger partial charge on any atom is 0.308 e. The molecule has 0 aliphatic rings. The second kappa shape index (κ2) is 3.91. The first-order valence-electron chi connectivity index (χ1n) is 4.03. The number of rotatable bonds is 2. The molecule has 0 atom stereocenters. The van der Waals surface area contributed by atoms with Crippen LogP contribution in [0.5, 0.6) is 11.5 Å². The Morgan fingerprint density at radius 3 is 2.43 bits per heavy atom. The fourth-order valence-corrected chi connectivity index (χ4v) is 1.05. The molecule has 0 spiro atoms. The van der Waals surface area contributed by atoms with Gasteiger partial charge in [0, 0.05) is 6.92 Å². The van der Waals surface area contributed by atoms with Crippen LogP contribution in [-0.2, 0) is 4.79 Å². The van der Waals surface area contributed by atoms with Crippen LogP contribution in [0, 0.1) is 0 Å². The van der Waals surface area contributed by atoms with Crippen LogP contribution in [-0.4, -0.2) is 16.9 Å². The number of aromatic hydroxyl groups is 1. The van der Waals surface area contributed by atoms with Crippen molar-refractivity contribution >= 4 is 11.8 Å². The Labute approximate surface area is 81.1 Å². The smallest absolute Gasteiger partial charge is 0.308 e. The molecule has 0 aliphatic carbocycles. The first-order valence-corrected chi connectivity index (χ1v) is 4.03. The number of para-hydroxylation sites is 1. The molecule has 14 heavy (non-hydrogen) atoms. The van der Waals surface area contributed by atoms with Crippen LogP contribution in [0.1, 0.15) is 24.2 Å². The number of hydrogen-bond acceptors (Lipinski definition) is 4. The zero-order chi connectivity index (χ0) is 10.7. The number of ketones is 1. The van der Waals surface area contributed by atoms with Crippen LogP contribution >= 0.6 is 0 Å². The monoisotopic (exact) mass is 194 g/mol. The maximum absolute atomic E-state index is 11.1. The van der Waals surface area contributed by atoms with E-state index in [0.717, 1.165) is 0 Å². The average Bonchev–Trinajstić information content (AvgIpc) is 2.07. The predicted octanol–water partition coefficient (Wildman–Crippen LogP) is 1.52. The fourth-order valence-electron chi connectivity index (χ4n) is 1.05. The third-order valence-corrected chi connectivity index (χ3v) is 1.62. The van der Waals surface area contributed by atoms with Crippen molar-refractivity contribution < 1.29 is 19.4 Å². The van der Waals surface area contributed by atoms with Gasteiger partial charge < -0.3 is 9.84 Å². The van der Waals surface area contributed by atoms with Gasteiger partial charge in [-0.3, -0.25) is 9.59 Å². The Morgan fingerprint density at radius 2 is 1.93 bits per heavy atom. The summed E-state index contributed by atoms with van der Waals surface area (Å²) in [5.74, 6) is -1.13. The molecular weight excluding hydrogens is 184 g/mol. The van der Waals surface area contributed by atoms with Gasteiger partial charge in [0.1, 0.15) is 0 Å². The number of ether oxygens (including phenoxy) is 1. The van der Waals surface area contributed by atoms with Crippen molar-refractivity contribution in [1.82, 2.24) is 0 Å². The van der Waals surface area contributed by atoms with Crippen molar-refractivity contribution in [1.29, 1.82) is 0 Å². The van der Waals surface area contributed by atoms with Crippen LogP contribution in [0.2, 0.25) is 0 Å². The molecule has 0 unspecified atom stereocenters. The molecule has 0 saturated heterocycles. The first-order chi connectivity index (χ1) is 6.52. The molecule has 0 heterocycles. The summed E-state index contributed by atoms with van der Waals surface area (Å²) in [4.78, 5) is 21.8. The molecule has 1 aromatic carbocycles. The van der Waals surface area contributed by atoms with Crippen LogP contribution in [0.25, 0.3) is 0 Å². The summed E-state index contributed by atoms with van der Waals surface area (Å²) in [5.41, 5.74) is 0.195. The number of Topliss-reactive ketones (excluding diaryl/α,β-unsaturated/α-hetero) is 1. The number of hydrogen-bond donors (Lipinski definition) is 1. The van der Waals surface area contributed by atoms with Crippen LogP contribution in [0.15, 0.2) is 18.2 Å². The number of carbonyl (C=O) groups is 2. The molecule has 1 aromatic rings. The van der Waals surface area contributed by atoms with E-state index in [1.165, 1.54) is 32.0 Å². The summed E-state index contributed by atoms with van der Waals surface area (Å²) in [6.45, 7) is 2.54. The lowest BCUT2D eigenvalue weighted by atomic mass is 10.1. The van der Waals surface area contributed by atoms with E-state index in [2.05, 4.69) is 0 Å². The molecule has 4 nitrogen and oxygen atoms in total. The Hall–Kier alpha value is -1.84. The lowest BCUT2D eigenvalue weighted by molar-refractivity contribution is -0.132. The Morgan fingerprint density at radius 1 is 1.29 bits per heavy atom. The molecule has 0 amide bonds. The summed E-state index contributed by atoms with van der Waals surface area (Å²) in [7, 11) is 0. The van der Waals surface area contributed by atoms with E-state index in [-0.39, 0.29) is 22.8 Å². The number of carbonyl (C=O) groups excluding carboxylic acids is 2. The number of phenols is 1. The molecule has 0 radical (unpaired) electrons. The van der Waals surface area contributed by atoms with Crippen molar-refractivity contribution in [2.24, 2.45) is 0 Å². The van der Waals surface area contributed by atoms with Crippen LogP contribution in [0.4, 0.5) is 0 Å². The van der Waals surface area contributed by atoms with E-state index in [1.807, 2.05) is 0 Å². The van der Waals surface area contributed by atoms with Crippen molar-refractivity contribution in [2.75, 3.05) is 0 Å². The van der Waals surface area contributed by atoms with Gasteiger partial charge in [-0.05, 0) is 19.1 Å². The Bertz CT molecular complexity index is 382. The molecule has 0 saturated carbocycles. The van der Waals surface area contributed by atoms with Crippen molar-refractivity contribution in [3.05, 3.63) is 23.8 Å². The summed E-state index contributed by atoms with van der Waals surface area (Å²) < 4.78 is 4.73. The molecular formula is C10H10O4. The number of benzene rings is 1. The number of esters is 1. The van der Waals surface area contributed by atoms with Gasteiger partial charge in [0.15, 0.2) is 17.3 Å². The topological polar surface area (TPSA) is 63.6 Å². The Balaban J connectivity index is 3.22. The van der Waals surface area contributed by atoms with E-state index in [0.29, 0.717) is 0 Å². The summed E-state index contributed by atoms with van der Waals surface area (Å²) >= 11 is 0. The molecule has 0 aliphatic heterocycles. The standard InChI is InChI=1S/C10H10O4/c1-6(11)8-4-3-5-9(13)10(8)14-7(2)12/h3-5,13H,1-2H3. The second-order valence-electron chi connectivity index (χ2n) is 2.80. The van der Waals surface area contributed by atoms with E-state index in [4.69, 9.17) is 4.74 Å². The summed E-state index contributed by atoms with van der Waals surface area (Å²) in [5, 5.41) is 9.36. The van der Waals surface area contributed by atoms with E-state index in [9.17, 15) is 14.7 Å². The van der Waals surface area contributed by atoms with E-state index >= 15 is 0 Å². The van der Waals surface area contributed by atoms with Crippen molar-refractivity contribution in [3.8, 4) is 11.5 Å². The van der Waals surface area contributed by atoms with Gasteiger partial charge in [-0.1, -0.05) is 6.07 Å². The minimum atomic E-state index is -0.575. The van der Waals surface area contributed by atoms with Gasteiger partial charge in [-0.2, -0.15) is 0 Å². The molecule has 1 N–H and O–H groups in total. The molecule has 0 aromatic heterocycles. The second-order valence-corrected chi connectivity index (χ2v) is 2.80. The number of phenolic OH excluding ortho intramolecular Hbond substituents is 1. The highest BCUT2D eigenvalue weighted by Crippen LogP contribution is 2.30. The quantitative estimate of drug-likeness (QED) is 0.440. The van der Waals surface area contributed by atoms with Gasteiger partial charge in [0.2, 0.25) is 0 Å². The highest BCUT2D eigenvalue weighted by atomic mass is 16.5. The maximum atomic E-state index is 11.1. The highest BCUT2D eigenvalue weighted by molar-refractivity contribution is 5.98. The minimum absolute atomic E-state index is 0.0764. The molecule has 74 valence electrons. The lowest BCUT2D eigenvalue weighted by Crippen LogP contribution is -2.06. The summed E-state index contributed by atoms with van der Waals surface area (Å²) in [6.07, 6.45) is 0. The van der Waals surface area contributed by atoms with E-state index < -0.39 is 5.97 Å². The third kappa shape index (κ3) is 2.10. The van der Waals surface area contributed by atoms with Gasteiger partial charge in [-0.25, -0.2) is 0 Å². The minimum Gasteiger partial charge on any atom is -0.504 e. The van der Waals surface area contributed by atoms with Crippen molar-refractivity contribution in [3.63, 3.8) is 0 Å². The zero-order valence-electron chi connectivity index (χ0n) is 7.90. The lowest BCUT2D eigenvalue weighted by Gasteiger charge is -2.07. The van der Waals surface area contributed by atoms with Crippen LogP contribution in [0.3, 0.4) is 0 Å². The van der Waals surface area contributed by atoms with Gasteiger partial charge in [-0.15, -0.1) is 0 Å². The highest BCUT2D eigenvalue weighted by Gasteiger charge is 2.14. The van der Waals surface area contributed by atoms with E-state index in [1.54, 1.807) is 0 Å². The van der Waals surface area contributed by atoms with Gasteiger partial charge in [0.05, 0.1) is 5.56 Å². The van der Waals surface area contributed by atoms with Gasteiger partial charge in [0.25, 0.3) is 0 Å². The average molecular weight is 194 g/mol. The third-order valence-electron chi connectivity index (χ3n) is 1.62. The normalized spacial score (nSPS) is 9.57.